The summed E-state index contributed by atoms with van der Waals surface area (Å²) < 4.78 is 53.7. The lowest BCUT2D eigenvalue weighted by Crippen LogP contribution is -2.49. The second-order valence-corrected chi connectivity index (χ2v) is 12.0. The number of hydrogen-bond acceptors (Lipinski definition) is 6. The predicted molar refractivity (Wildman–Crippen MR) is 170 cm³/mol. The van der Waals surface area contributed by atoms with Gasteiger partial charge in [-0.25, -0.2) is 8.78 Å². The molecule has 0 saturated heterocycles. The maximum Gasteiger partial charge on any atom is 0.128 e. The summed E-state index contributed by atoms with van der Waals surface area (Å²) in [5.41, 5.74) is 2.38. The van der Waals surface area contributed by atoms with Gasteiger partial charge in [-0.15, -0.1) is 0 Å². The molecule has 0 aromatic heterocycles. The Hall–Kier alpha value is -2.54. The first-order valence-electron chi connectivity index (χ1n) is 14.0. The summed E-state index contributed by atoms with van der Waals surface area (Å²) in [4.78, 5) is 0. The van der Waals surface area contributed by atoms with Gasteiger partial charge in [-0.05, 0) is 47.5 Å². The fourth-order valence-corrected chi connectivity index (χ4v) is 4.83. The van der Waals surface area contributed by atoms with Crippen LogP contribution in [0.1, 0.15) is 22.3 Å². The van der Waals surface area contributed by atoms with Gasteiger partial charge < -0.3 is 29.2 Å². The Labute approximate surface area is 272 Å². The van der Waals surface area contributed by atoms with Crippen molar-refractivity contribution in [3.63, 3.8) is 0 Å². The van der Waals surface area contributed by atoms with Gasteiger partial charge in [0.15, 0.2) is 0 Å². The molecule has 0 saturated carbocycles. The summed E-state index contributed by atoms with van der Waals surface area (Å²) in [7, 11) is 0. The number of hydrogen-bond donors (Lipinski definition) is 2. The van der Waals surface area contributed by atoms with Gasteiger partial charge in [-0.3, -0.25) is 0 Å². The highest BCUT2D eigenvalue weighted by Gasteiger charge is 2.34. The number of rotatable bonds is 17. The fourth-order valence-electron chi connectivity index (χ4n) is 4.30. The van der Waals surface area contributed by atoms with E-state index >= 15 is 0 Å². The molecule has 0 aliphatic rings. The minimum Gasteiger partial charge on any atom is -0.388 e. The van der Waals surface area contributed by atoms with Crippen LogP contribution in [0.2, 0.25) is 0 Å². The maximum atomic E-state index is 14.2. The minimum absolute atomic E-state index is 0.0527. The molecule has 4 atom stereocenters. The number of ether oxygens (including phenoxy) is 4. The first-order valence-corrected chi connectivity index (χ1v) is 15.6. The van der Waals surface area contributed by atoms with Crippen LogP contribution < -0.4 is 0 Å². The smallest absolute Gasteiger partial charge is 0.128 e. The minimum atomic E-state index is -1.47. The maximum absolute atomic E-state index is 14.2. The van der Waals surface area contributed by atoms with Crippen LogP contribution in [0.5, 0.6) is 0 Å². The zero-order valence-electron chi connectivity index (χ0n) is 23.8. The number of aliphatic hydroxyl groups excluding tert-OH is 2. The molecule has 0 bridgehead atoms. The average Bonchev–Trinajstić information content (AvgIpc) is 3.03. The van der Waals surface area contributed by atoms with Gasteiger partial charge in [-0.1, -0.05) is 92.5 Å². The molecule has 4 aromatic carbocycles. The van der Waals surface area contributed by atoms with Gasteiger partial charge in [0, 0.05) is 20.1 Å². The molecule has 44 heavy (non-hydrogen) atoms. The molecule has 4 aromatic rings. The largest absolute Gasteiger partial charge is 0.388 e. The van der Waals surface area contributed by atoms with Crippen LogP contribution in [0.3, 0.4) is 0 Å². The SMILES string of the molecule is O[C@@H]([C@H](O)[C@@H](COCc1ccccc1F)OCc1ccc(Br)cc1)[C@@H](COCc1ccccc1F)OCc1ccc(Br)cc1. The summed E-state index contributed by atoms with van der Waals surface area (Å²) in [5.74, 6) is -0.817. The van der Waals surface area contributed by atoms with E-state index in [-0.39, 0.29) is 39.6 Å². The van der Waals surface area contributed by atoms with Crippen LogP contribution in [-0.4, -0.2) is 47.8 Å². The van der Waals surface area contributed by atoms with Crippen molar-refractivity contribution in [1.29, 1.82) is 0 Å². The molecule has 0 fully saturated rings. The van der Waals surface area contributed by atoms with Crippen molar-refractivity contribution in [2.24, 2.45) is 0 Å². The molecule has 6 nitrogen and oxygen atoms in total. The van der Waals surface area contributed by atoms with E-state index in [1.54, 1.807) is 36.4 Å². The van der Waals surface area contributed by atoms with E-state index in [9.17, 15) is 19.0 Å². The Bertz CT molecular complexity index is 1320. The van der Waals surface area contributed by atoms with Crippen molar-refractivity contribution in [1.82, 2.24) is 0 Å². The van der Waals surface area contributed by atoms with Gasteiger partial charge >= 0.3 is 0 Å². The number of halogens is 4. The standard InChI is InChI=1S/C34H34Br2F2O6/c35-27-13-9-23(10-14-27)17-43-31(21-41-19-25-5-1-3-7-29(25)37)33(39)34(40)32(44-18-24-11-15-28(36)16-12-24)22-42-20-26-6-2-4-8-30(26)38/h1-16,31-34,39-40H,17-22H2/t31-,32-,33-,34-/m1/s1. The molecular weight excluding hydrogens is 702 g/mol. The van der Waals surface area contributed by atoms with Gasteiger partial charge in [0.1, 0.15) is 36.1 Å². The molecular formula is C34H34Br2F2O6. The fraction of sp³-hybridized carbons (Fsp3) is 0.294. The molecule has 0 aliphatic carbocycles. The molecule has 0 spiro atoms. The van der Waals surface area contributed by atoms with Crippen molar-refractivity contribution in [3.8, 4) is 0 Å². The Balaban J connectivity index is 1.46. The third-order valence-corrected chi connectivity index (χ3v) is 7.92. The Kier molecular flexibility index (Phi) is 13.9. The lowest BCUT2D eigenvalue weighted by Gasteiger charge is -2.32. The molecule has 0 amide bonds. The van der Waals surface area contributed by atoms with Gasteiger partial charge in [-0.2, -0.15) is 0 Å². The van der Waals surface area contributed by atoms with Crippen molar-refractivity contribution in [2.75, 3.05) is 13.2 Å². The number of aliphatic hydroxyl groups is 2. The molecule has 10 heteroatoms. The number of benzene rings is 4. The van der Waals surface area contributed by atoms with E-state index in [1.807, 2.05) is 48.5 Å². The lowest BCUT2D eigenvalue weighted by molar-refractivity contribution is -0.170. The van der Waals surface area contributed by atoms with Crippen molar-refractivity contribution in [3.05, 3.63) is 140 Å². The first-order chi connectivity index (χ1) is 21.3. The third-order valence-electron chi connectivity index (χ3n) is 6.86. The van der Waals surface area contributed by atoms with Crippen LogP contribution in [-0.2, 0) is 45.4 Å². The molecule has 0 heterocycles. The van der Waals surface area contributed by atoms with Crippen LogP contribution in [0.4, 0.5) is 8.78 Å². The van der Waals surface area contributed by atoms with Crippen molar-refractivity contribution in [2.45, 2.75) is 50.8 Å². The molecule has 4 rings (SSSR count). The second kappa shape index (κ2) is 17.8. The van der Waals surface area contributed by atoms with E-state index in [0.29, 0.717) is 11.1 Å². The van der Waals surface area contributed by atoms with E-state index in [4.69, 9.17) is 18.9 Å². The van der Waals surface area contributed by atoms with E-state index < -0.39 is 36.1 Å². The molecule has 0 aliphatic heterocycles. The van der Waals surface area contributed by atoms with Gasteiger partial charge in [0.25, 0.3) is 0 Å². The summed E-state index contributed by atoms with van der Waals surface area (Å²) in [6.07, 6.45) is -4.97. The summed E-state index contributed by atoms with van der Waals surface area (Å²) >= 11 is 6.81. The van der Waals surface area contributed by atoms with Crippen molar-refractivity contribution < 1.29 is 37.9 Å². The first kappa shape index (κ1) is 34.3. The highest BCUT2D eigenvalue weighted by Crippen LogP contribution is 2.19. The Morgan fingerprint density at radius 2 is 0.886 bits per heavy atom. The predicted octanol–water partition coefficient (Wildman–Crippen LogP) is 7.12. The van der Waals surface area contributed by atoms with E-state index in [0.717, 1.165) is 20.1 Å². The zero-order valence-corrected chi connectivity index (χ0v) is 27.0. The zero-order chi connectivity index (χ0) is 31.3. The quantitative estimate of drug-likeness (QED) is 0.120. The lowest BCUT2D eigenvalue weighted by atomic mass is 10.0. The van der Waals surface area contributed by atoms with Gasteiger partial charge in [0.05, 0.1) is 39.6 Å². The molecule has 234 valence electrons. The second-order valence-electron chi connectivity index (χ2n) is 10.1. The molecule has 0 radical (unpaired) electrons. The summed E-state index contributed by atoms with van der Waals surface area (Å²) in [6.45, 7) is -0.138. The van der Waals surface area contributed by atoms with Crippen LogP contribution in [0.15, 0.2) is 106 Å². The third kappa shape index (κ3) is 10.8. The normalized spacial score (nSPS) is 14.2. The van der Waals surface area contributed by atoms with Crippen molar-refractivity contribution >= 4 is 31.9 Å². The summed E-state index contributed by atoms with van der Waals surface area (Å²) in [5, 5.41) is 22.8. The van der Waals surface area contributed by atoms with E-state index in [1.165, 1.54) is 12.1 Å². The Morgan fingerprint density at radius 1 is 0.523 bits per heavy atom. The topological polar surface area (TPSA) is 77.4 Å². The van der Waals surface area contributed by atoms with E-state index in [2.05, 4.69) is 31.9 Å². The Morgan fingerprint density at radius 3 is 1.25 bits per heavy atom. The highest BCUT2D eigenvalue weighted by atomic mass is 79.9. The average molecular weight is 736 g/mol. The molecule has 0 unspecified atom stereocenters. The van der Waals surface area contributed by atoms with Crippen LogP contribution in [0, 0.1) is 11.6 Å². The highest BCUT2D eigenvalue weighted by molar-refractivity contribution is 9.10. The summed E-state index contributed by atoms with van der Waals surface area (Å²) in [6, 6.07) is 27.4. The molecule has 2 N–H and O–H groups in total. The monoisotopic (exact) mass is 734 g/mol. The van der Waals surface area contributed by atoms with Crippen LogP contribution >= 0.6 is 31.9 Å². The van der Waals surface area contributed by atoms with Crippen LogP contribution in [0.25, 0.3) is 0 Å². The van der Waals surface area contributed by atoms with Gasteiger partial charge in [0.2, 0.25) is 0 Å².